The third-order valence-corrected chi connectivity index (χ3v) is 5.80. The number of rotatable bonds is 4. The molecule has 0 bridgehead atoms. The lowest BCUT2D eigenvalue weighted by atomic mass is 9.70. The van der Waals surface area contributed by atoms with Crippen molar-refractivity contribution in [2.24, 2.45) is 17.6 Å². The van der Waals surface area contributed by atoms with Crippen molar-refractivity contribution in [1.82, 2.24) is 4.90 Å². The van der Waals surface area contributed by atoms with E-state index in [1.165, 1.54) is 51.4 Å². The molecule has 18 heavy (non-hydrogen) atoms. The van der Waals surface area contributed by atoms with Gasteiger partial charge in [-0.15, -0.1) is 0 Å². The van der Waals surface area contributed by atoms with Crippen LogP contribution >= 0.6 is 0 Å². The first kappa shape index (κ1) is 14.3. The predicted molar refractivity (Wildman–Crippen MR) is 78.6 cm³/mol. The van der Waals surface area contributed by atoms with Gasteiger partial charge in [0.25, 0.3) is 0 Å². The first-order valence-corrected chi connectivity index (χ1v) is 8.02. The van der Waals surface area contributed by atoms with Gasteiger partial charge in [-0.2, -0.15) is 0 Å². The van der Waals surface area contributed by atoms with Gasteiger partial charge < -0.3 is 5.73 Å². The van der Waals surface area contributed by atoms with Crippen molar-refractivity contribution in [3.63, 3.8) is 0 Å². The molecule has 2 rings (SSSR count). The second-order valence-electron chi connectivity index (χ2n) is 7.08. The highest BCUT2D eigenvalue weighted by Gasteiger charge is 2.42. The Bertz CT molecular complexity index is 258. The fourth-order valence-electron chi connectivity index (χ4n) is 4.28. The zero-order chi connectivity index (χ0) is 13.2. The molecule has 2 aliphatic carbocycles. The smallest absolute Gasteiger partial charge is 0.0334 e. The third kappa shape index (κ3) is 2.75. The number of likely N-dealkylation sites (N-methyl/N-ethyl adjacent to an activating group) is 1. The summed E-state index contributed by atoms with van der Waals surface area (Å²) in [6.07, 6.45) is 11.1. The molecule has 2 aliphatic rings. The van der Waals surface area contributed by atoms with Crippen LogP contribution in [-0.4, -0.2) is 30.1 Å². The minimum atomic E-state index is 0.308. The van der Waals surface area contributed by atoms with Gasteiger partial charge in [-0.25, -0.2) is 0 Å². The summed E-state index contributed by atoms with van der Waals surface area (Å²) >= 11 is 0. The van der Waals surface area contributed by atoms with Crippen LogP contribution in [0.2, 0.25) is 0 Å². The Hall–Kier alpha value is -0.0800. The molecule has 0 saturated heterocycles. The van der Waals surface area contributed by atoms with Crippen molar-refractivity contribution in [1.29, 1.82) is 0 Å². The third-order valence-electron chi connectivity index (χ3n) is 5.80. The van der Waals surface area contributed by atoms with Gasteiger partial charge in [-0.1, -0.05) is 39.5 Å². The van der Waals surface area contributed by atoms with Crippen LogP contribution in [0.15, 0.2) is 0 Å². The standard InChI is InChI=1S/C16H32N2/c1-13(2)14-7-6-10-16(11-14,12-17)18(3)15-8-4-5-9-15/h13-15H,4-12,17H2,1-3H3. The summed E-state index contributed by atoms with van der Waals surface area (Å²) in [7, 11) is 2.35. The molecular formula is C16H32N2. The molecule has 2 heteroatoms. The molecule has 0 aromatic rings. The summed E-state index contributed by atoms with van der Waals surface area (Å²) in [6, 6.07) is 0.805. The van der Waals surface area contributed by atoms with Gasteiger partial charge in [0, 0.05) is 18.1 Å². The van der Waals surface area contributed by atoms with Crippen molar-refractivity contribution in [3.05, 3.63) is 0 Å². The van der Waals surface area contributed by atoms with Crippen LogP contribution < -0.4 is 5.73 Å². The van der Waals surface area contributed by atoms with Gasteiger partial charge in [0.05, 0.1) is 0 Å². The zero-order valence-corrected chi connectivity index (χ0v) is 12.6. The van der Waals surface area contributed by atoms with E-state index in [1.54, 1.807) is 0 Å². The van der Waals surface area contributed by atoms with Crippen molar-refractivity contribution < 1.29 is 0 Å². The highest BCUT2D eigenvalue weighted by molar-refractivity contribution is 4.98. The topological polar surface area (TPSA) is 29.3 Å². The molecule has 2 atom stereocenters. The molecule has 0 spiro atoms. The normalized spacial score (nSPS) is 34.7. The van der Waals surface area contributed by atoms with E-state index in [2.05, 4.69) is 25.8 Å². The van der Waals surface area contributed by atoms with Crippen molar-refractivity contribution >= 4 is 0 Å². The maximum absolute atomic E-state index is 6.23. The van der Waals surface area contributed by atoms with E-state index < -0.39 is 0 Å². The van der Waals surface area contributed by atoms with E-state index in [9.17, 15) is 0 Å². The van der Waals surface area contributed by atoms with Gasteiger partial charge in [0.1, 0.15) is 0 Å². The van der Waals surface area contributed by atoms with Crippen LogP contribution in [0.5, 0.6) is 0 Å². The van der Waals surface area contributed by atoms with Gasteiger partial charge in [-0.3, -0.25) is 4.90 Å². The van der Waals surface area contributed by atoms with Crippen LogP contribution in [0.4, 0.5) is 0 Å². The van der Waals surface area contributed by atoms with Crippen molar-refractivity contribution in [2.45, 2.75) is 76.8 Å². The van der Waals surface area contributed by atoms with E-state index in [4.69, 9.17) is 5.73 Å². The Morgan fingerprint density at radius 3 is 2.39 bits per heavy atom. The molecule has 0 aromatic carbocycles. The van der Waals surface area contributed by atoms with E-state index >= 15 is 0 Å². The molecule has 2 fully saturated rings. The second-order valence-corrected chi connectivity index (χ2v) is 7.08. The summed E-state index contributed by atoms with van der Waals surface area (Å²) in [5.74, 6) is 1.69. The van der Waals surface area contributed by atoms with Gasteiger partial charge >= 0.3 is 0 Å². The largest absolute Gasteiger partial charge is 0.329 e. The Labute approximate surface area is 113 Å². The minimum absolute atomic E-state index is 0.308. The lowest BCUT2D eigenvalue weighted by Gasteiger charge is -2.50. The van der Waals surface area contributed by atoms with Crippen LogP contribution in [-0.2, 0) is 0 Å². The number of nitrogens with zero attached hydrogens (tertiary/aromatic N) is 1. The fraction of sp³-hybridized carbons (Fsp3) is 1.00. The maximum Gasteiger partial charge on any atom is 0.0334 e. The molecule has 2 unspecified atom stereocenters. The van der Waals surface area contributed by atoms with Crippen LogP contribution in [0.3, 0.4) is 0 Å². The van der Waals surface area contributed by atoms with E-state index in [0.717, 1.165) is 24.4 Å². The molecule has 2 nitrogen and oxygen atoms in total. The molecule has 2 saturated carbocycles. The van der Waals surface area contributed by atoms with E-state index in [0.29, 0.717) is 5.54 Å². The van der Waals surface area contributed by atoms with E-state index in [-0.39, 0.29) is 0 Å². The molecular weight excluding hydrogens is 220 g/mol. The number of hydrogen-bond acceptors (Lipinski definition) is 2. The highest BCUT2D eigenvalue weighted by atomic mass is 15.2. The van der Waals surface area contributed by atoms with Crippen molar-refractivity contribution in [2.75, 3.05) is 13.6 Å². The monoisotopic (exact) mass is 252 g/mol. The summed E-state index contributed by atoms with van der Waals surface area (Å²) < 4.78 is 0. The summed E-state index contributed by atoms with van der Waals surface area (Å²) in [4.78, 5) is 2.69. The Morgan fingerprint density at radius 1 is 1.17 bits per heavy atom. The molecule has 0 radical (unpaired) electrons. The molecule has 0 heterocycles. The van der Waals surface area contributed by atoms with Crippen molar-refractivity contribution in [3.8, 4) is 0 Å². The Kier molecular flexibility index (Phi) is 4.71. The summed E-state index contributed by atoms with van der Waals surface area (Å²) in [6.45, 7) is 5.61. The van der Waals surface area contributed by atoms with Crippen LogP contribution in [0, 0.1) is 11.8 Å². The average molecular weight is 252 g/mol. The zero-order valence-electron chi connectivity index (χ0n) is 12.6. The average Bonchev–Trinajstić information content (AvgIpc) is 2.91. The lowest BCUT2D eigenvalue weighted by molar-refractivity contribution is 0.0164. The quantitative estimate of drug-likeness (QED) is 0.831. The molecule has 0 amide bonds. The predicted octanol–water partition coefficient (Wildman–Crippen LogP) is 3.40. The SMILES string of the molecule is CC(C)C1CCCC(CN)(N(C)C2CCCC2)C1. The fourth-order valence-corrected chi connectivity index (χ4v) is 4.28. The molecule has 2 N–H and O–H groups in total. The van der Waals surface area contributed by atoms with Gasteiger partial charge in [0.15, 0.2) is 0 Å². The minimum Gasteiger partial charge on any atom is -0.329 e. The van der Waals surface area contributed by atoms with Gasteiger partial charge in [0.2, 0.25) is 0 Å². The lowest BCUT2D eigenvalue weighted by Crippen LogP contribution is -2.58. The number of hydrogen-bond donors (Lipinski definition) is 1. The summed E-state index contributed by atoms with van der Waals surface area (Å²) in [5, 5.41) is 0. The first-order valence-electron chi connectivity index (χ1n) is 8.02. The van der Waals surface area contributed by atoms with Gasteiger partial charge in [-0.05, 0) is 44.6 Å². The number of nitrogens with two attached hydrogens (primary N) is 1. The van der Waals surface area contributed by atoms with E-state index in [1.807, 2.05) is 0 Å². The molecule has 0 aliphatic heterocycles. The molecule has 106 valence electrons. The highest BCUT2D eigenvalue weighted by Crippen LogP contribution is 2.41. The maximum atomic E-state index is 6.23. The summed E-state index contributed by atoms with van der Waals surface area (Å²) in [5.41, 5.74) is 6.54. The first-order chi connectivity index (χ1) is 8.59. The molecule has 0 aromatic heterocycles. The Balaban J connectivity index is 2.08. The van der Waals surface area contributed by atoms with Crippen LogP contribution in [0.25, 0.3) is 0 Å². The second kappa shape index (κ2) is 5.92. The Morgan fingerprint density at radius 2 is 1.83 bits per heavy atom. The van der Waals surface area contributed by atoms with Crippen LogP contribution in [0.1, 0.15) is 65.2 Å².